The van der Waals surface area contributed by atoms with E-state index in [0.29, 0.717) is 39.4 Å². The van der Waals surface area contributed by atoms with E-state index in [-0.39, 0.29) is 11.9 Å². The van der Waals surface area contributed by atoms with Crippen LogP contribution in [0.1, 0.15) is 37.8 Å². The van der Waals surface area contributed by atoms with E-state index in [4.69, 9.17) is 34.8 Å². The minimum atomic E-state index is -0.145. The second kappa shape index (κ2) is 8.96. The van der Waals surface area contributed by atoms with Crippen molar-refractivity contribution in [1.82, 2.24) is 5.32 Å². The Bertz CT molecular complexity index is 852. The van der Waals surface area contributed by atoms with Gasteiger partial charge in [0.1, 0.15) is 5.71 Å². The molecule has 3 rings (SSSR count). The first kappa shape index (κ1) is 20.0. The number of unbranched alkanes of at least 4 members (excludes halogenated alkanes) is 1. The standard InChI is InChI=1S/C20H20Cl3N3O/c1-2-3-10-24-20(27)17-12-19(13-4-6-14(21)7-5-13)26(25-17)18-9-8-15(22)11-16(18)23/h4-9,11,19H,2-3,10,12H2,1H3,(H,24,27). The molecule has 0 saturated heterocycles. The number of carbonyl (C=O) groups excluding carboxylic acids is 1. The third-order valence-electron chi connectivity index (χ3n) is 4.40. The number of benzene rings is 2. The van der Waals surface area contributed by atoms with E-state index in [1.165, 1.54) is 0 Å². The van der Waals surface area contributed by atoms with Gasteiger partial charge in [0.15, 0.2) is 0 Å². The molecule has 27 heavy (non-hydrogen) atoms. The highest BCUT2D eigenvalue weighted by molar-refractivity contribution is 6.40. The van der Waals surface area contributed by atoms with Gasteiger partial charge in [0, 0.05) is 23.0 Å². The Morgan fingerprint density at radius 3 is 2.52 bits per heavy atom. The lowest BCUT2D eigenvalue weighted by Crippen LogP contribution is -2.31. The molecule has 4 nitrogen and oxygen atoms in total. The summed E-state index contributed by atoms with van der Waals surface area (Å²) in [5, 5.41) is 11.0. The maximum atomic E-state index is 12.5. The Morgan fingerprint density at radius 1 is 1.15 bits per heavy atom. The van der Waals surface area contributed by atoms with E-state index in [1.54, 1.807) is 17.1 Å². The van der Waals surface area contributed by atoms with E-state index in [0.717, 1.165) is 18.4 Å². The molecule has 0 saturated carbocycles. The van der Waals surface area contributed by atoms with E-state index < -0.39 is 0 Å². The van der Waals surface area contributed by atoms with E-state index in [9.17, 15) is 4.79 Å². The highest BCUT2D eigenvalue weighted by atomic mass is 35.5. The SMILES string of the molecule is CCCCNC(=O)C1=NN(c2ccc(Cl)cc2Cl)C(c2ccc(Cl)cc2)C1. The number of halogens is 3. The maximum absolute atomic E-state index is 12.5. The van der Waals surface area contributed by atoms with Gasteiger partial charge in [-0.05, 0) is 42.3 Å². The zero-order chi connectivity index (χ0) is 19.4. The quantitative estimate of drug-likeness (QED) is 0.589. The molecule has 1 atom stereocenters. The van der Waals surface area contributed by atoms with Crippen LogP contribution in [0, 0.1) is 0 Å². The molecule has 0 fully saturated rings. The first-order chi connectivity index (χ1) is 13.0. The number of nitrogens with zero attached hydrogens (tertiary/aromatic N) is 2. The zero-order valence-electron chi connectivity index (χ0n) is 14.9. The average Bonchev–Trinajstić information content (AvgIpc) is 3.07. The fourth-order valence-corrected chi connectivity index (χ4v) is 3.58. The summed E-state index contributed by atoms with van der Waals surface area (Å²) >= 11 is 18.4. The Balaban J connectivity index is 1.92. The molecule has 0 bridgehead atoms. The van der Waals surface area contributed by atoms with Crippen LogP contribution < -0.4 is 10.3 Å². The lowest BCUT2D eigenvalue weighted by Gasteiger charge is -2.25. The fourth-order valence-electron chi connectivity index (χ4n) is 2.96. The van der Waals surface area contributed by atoms with Gasteiger partial charge in [-0.15, -0.1) is 0 Å². The Kier molecular flexibility index (Phi) is 6.64. The van der Waals surface area contributed by atoms with Gasteiger partial charge in [0.2, 0.25) is 0 Å². The molecule has 0 radical (unpaired) electrons. The summed E-state index contributed by atoms with van der Waals surface area (Å²) < 4.78 is 0. The van der Waals surface area contributed by atoms with Crippen LogP contribution in [0.25, 0.3) is 0 Å². The zero-order valence-corrected chi connectivity index (χ0v) is 17.2. The summed E-state index contributed by atoms with van der Waals surface area (Å²) in [6, 6.07) is 12.6. The van der Waals surface area contributed by atoms with Crippen molar-refractivity contribution in [2.45, 2.75) is 32.2 Å². The van der Waals surface area contributed by atoms with Crippen molar-refractivity contribution < 1.29 is 4.79 Å². The molecule has 7 heteroatoms. The molecule has 1 aliphatic rings. The van der Waals surface area contributed by atoms with Crippen molar-refractivity contribution in [2.24, 2.45) is 5.10 Å². The van der Waals surface area contributed by atoms with Crippen molar-refractivity contribution in [1.29, 1.82) is 0 Å². The minimum absolute atomic E-state index is 0.144. The molecular formula is C20H20Cl3N3O. The normalized spacial score (nSPS) is 16.4. The van der Waals surface area contributed by atoms with Gasteiger partial charge in [-0.25, -0.2) is 0 Å². The highest BCUT2D eigenvalue weighted by Crippen LogP contribution is 2.39. The number of hydrazone groups is 1. The van der Waals surface area contributed by atoms with Crippen LogP contribution in [0.2, 0.25) is 15.1 Å². The van der Waals surface area contributed by atoms with Crippen molar-refractivity contribution in [3.8, 4) is 0 Å². The number of anilines is 1. The average molecular weight is 425 g/mol. The highest BCUT2D eigenvalue weighted by Gasteiger charge is 2.33. The number of carbonyl (C=O) groups is 1. The summed E-state index contributed by atoms with van der Waals surface area (Å²) in [7, 11) is 0. The topological polar surface area (TPSA) is 44.7 Å². The summed E-state index contributed by atoms with van der Waals surface area (Å²) in [5.41, 5.74) is 2.19. The molecule has 0 aromatic heterocycles. The monoisotopic (exact) mass is 423 g/mol. The summed E-state index contributed by atoms with van der Waals surface area (Å²) in [6.45, 7) is 2.72. The molecule has 1 N–H and O–H groups in total. The lowest BCUT2D eigenvalue weighted by atomic mass is 10.0. The first-order valence-corrected chi connectivity index (χ1v) is 9.98. The molecular weight excluding hydrogens is 405 g/mol. The molecule has 1 heterocycles. The largest absolute Gasteiger partial charge is 0.351 e. The van der Waals surface area contributed by atoms with Crippen LogP contribution in [0.5, 0.6) is 0 Å². The number of hydrogen-bond acceptors (Lipinski definition) is 3. The van der Waals surface area contributed by atoms with Gasteiger partial charge in [0.25, 0.3) is 5.91 Å². The molecule has 0 aliphatic carbocycles. The fraction of sp³-hybridized carbons (Fsp3) is 0.300. The van der Waals surface area contributed by atoms with Crippen molar-refractivity contribution in [3.05, 3.63) is 63.1 Å². The lowest BCUT2D eigenvalue weighted by molar-refractivity contribution is -0.114. The van der Waals surface area contributed by atoms with Gasteiger partial charge >= 0.3 is 0 Å². The molecule has 1 aliphatic heterocycles. The van der Waals surface area contributed by atoms with E-state index in [2.05, 4.69) is 17.3 Å². The predicted molar refractivity (Wildman–Crippen MR) is 113 cm³/mol. The first-order valence-electron chi connectivity index (χ1n) is 8.85. The Hall–Kier alpha value is -1.75. The molecule has 2 aromatic carbocycles. The smallest absolute Gasteiger partial charge is 0.267 e. The maximum Gasteiger partial charge on any atom is 0.267 e. The number of hydrogen-bond donors (Lipinski definition) is 1. The van der Waals surface area contributed by atoms with Crippen LogP contribution in [0.3, 0.4) is 0 Å². The molecule has 2 aromatic rings. The second-order valence-electron chi connectivity index (χ2n) is 6.37. The van der Waals surface area contributed by atoms with Gasteiger partial charge in [-0.1, -0.05) is 60.3 Å². The summed E-state index contributed by atoms with van der Waals surface area (Å²) in [5.74, 6) is -0.144. The van der Waals surface area contributed by atoms with Gasteiger partial charge < -0.3 is 5.32 Å². The van der Waals surface area contributed by atoms with Crippen LogP contribution in [-0.2, 0) is 4.79 Å². The molecule has 142 valence electrons. The van der Waals surface area contributed by atoms with Gasteiger partial charge in [0.05, 0.1) is 16.8 Å². The number of amides is 1. The van der Waals surface area contributed by atoms with Crippen molar-refractivity contribution in [2.75, 3.05) is 11.6 Å². The molecule has 1 unspecified atom stereocenters. The molecule has 1 amide bonds. The number of nitrogens with one attached hydrogen (secondary N) is 1. The third kappa shape index (κ3) is 4.75. The summed E-state index contributed by atoms with van der Waals surface area (Å²) in [4.78, 5) is 12.5. The van der Waals surface area contributed by atoms with E-state index >= 15 is 0 Å². The van der Waals surface area contributed by atoms with E-state index in [1.807, 2.05) is 30.3 Å². The van der Waals surface area contributed by atoms with Gasteiger partial charge in [-0.3, -0.25) is 9.80 Å². The third-order valence-corrected chi connectivity index (χ3v) is 5.19. The van der Waals surface area contributed by atoms with Gasteiger partial charge in [-0.2, -0.15) is 5.10 Å². The number of rotatable bonds is 6. The van der Waals surface area contributed by atoms with Crippen LogP contribution in [-0.4, -0.2) is 18.2 Å². The van der Waals surface area contributed by atoms with Crippen molar-refractivity contribution in [3.63, 3.8) is 0 Å². The second-order valence-corrected chi connectivity index (χ2v) is 7.65. The Morgan fingerprint density at radius 2 is 1.85 bits per heavy atom. The minimum Gasteiger partial charge on any atom is -0.351 e. The van der Waals surface area contributed by atoms with Crippen molar-refractivity contribution >= 4 is 52.1 Å². The summed E-state index contributed by atoms with van der Waals surface area (Å²) in [6.07, 6.45) is 2.44. The predicted octanol–water partition coefficient (Wildman–Crippen LogP) is 5.87. The van der Waals surface area contributed by atoms with Crippen LogP contribution in [0.4, 0.5) is 5.69 Å². The van der Waals surface area contributed by atoms with Crippen LogP contribution in [0.15, 0.2) is 47.6 Å². The van der Waals surface area contributed by atoms with Crippen LogP contribution >= 0.6 is 34.8 Å². The Labute approximate surface area is 174 Å². The molecule has 0 spiro atoms.